The van der Waals surface area contributed by atoms with Gasteiger partial charge < -0.3 is 10.6 Å². The highest BCUT2D eigenvalue weighted by molar-refractivity contribution is 5.85. The first-order valence-electron chi connectivity index (χ1n) is 7.64. The van der Waals surface area contributed by atoms with Gasteiger partial charge in [0.05, 0.1) is 6.04 Å². The van der Waals surface area contributed by atoms with Crippen LogP contribution in [0.4, 0.5) is 0 Å². The van der Waals surface area contributed by atoms with Gasteiger partial charge in [-0.05, 0) is 69.3 Å². The number of rotatable bonds is 5. The molecule has 2 rings (SSSR count). The molecule has 2 atom stereocenters. The molecule has 1 aliphatic rings. The maximum Gasteiger partial charge on any atom is 0.220 e. The van der Waals surface area contributed by atoms with Crippen LogP contribution in [0.15, 0.2) is 18.2 Å². The van der Waals surface area contributed by atoms with E-state index in [1.54, 1.807) is 0 Å². The zero-order valence-electron chi connectivity index (χ0n) is 13.2. The van der Waals surface area contributed by atoms with Crippen molar-refractivity contribution in [2.75, 3.05) is 13.1 Å². The molecule has 2 unspecified atom stereocenters. The van der Waals surface area contributed by atoms with Gasteiger partial charge in [0, 0.05) is 6.42 Å². The predicted octanol–water partition coefficient (Wildman–Crippen LogP) is 3.29. The van der Waals surface area contributed by atoms with Crippen molar-refractivity contribution >= 4 is 18.3 Å². The summed E-state index contributed by atoms with van der Waals surface area (Å²) in [5.41, 5.74) is 3.78. The van der Waals surface area contributed by atoms with Crippen molar-refractivity contribution in [1.82, 2.24) is 10.6 Å². The minimum atomic E-state index is 0. The largest absolute Gasteiger partial charge is 0.350 e. The average molecular weight is 311 g/mol. The Morgan fingerprint density at radius 3 is 2.86 bits per heavy atom. The van der Waals surface area contributed by atoms with E-state index in [9.17, 15) is 4.79 Å². The van der Waals surface area contributed by atoms with Crippen LogP contribution in [0.5, 0.6) is 0 Å². The molecular formula is C17H27ClN2O. The maximum atomic E-state index is 12.0. The summed E-state index contributed by atoms with van der Waals surface area (Å²) >= 11 is 0. The summed E-state index contributed by atoms with van der Waals surface area (Å²) in [6.45, 7) is 8.47. The van der Waals surface area contributed by atoms with E-state index in [2.05, 4.69) is 49.6 Å². The van der Waals surface area contributed by atoms with Crippen molar-refractivity contribution in [3.05, 3.63) is 34.9 Å². The van der Waals surface area contributed by atoms with Crippen LogP contribution in [0.2, 0.25) is 0 Å². The molecule has 3 nitrogen and oxygen atoms in total. The zero-order valence-corrected chi connectivity index (χ0v) is 14.1. The molecule has 1 heterocycles. The minimum Gasteiger partial charge on any atom is -0.350 e. The van der Waals surface area contributed by atoms with E-state index >= 15 is 0 Å². The van der Waals surface area contributed by atoms with E-state index in [4.69, 9.17) is 0 Å². The molecule has 0 aliphatic carbocycles. The van der Waals surface area contributed by atoms with Gasteiger partial charge in [-0.15, -0.1) is 12.4 Å². The second-order valence-electron chi connectivity index (χ2n) is 5.98. The SMILES string of the molecule is Cc1cccc(C(C)NC(=O)CCC2CCNC2)c1C.Cl. The van der Waals surface area contributed by atoms with Crippen molar-refractivity contribution in [2.45, 2.75) is 46.1 Å². The summed E-state index contributed by atoms with van der Waals surface area (Å²) in [5, 5.41) is 6.47. The zero-order chi connectivity index (χ0) is 14.5. The van der Waals surface area contributed by atoms with E-state index in [-0.39, 0.29) is 24.4 Å². The van der Waals surface area contributed by atoms with Crippen LogP contribution in [0, 0.1) is 19.8 Å². The fourth-order valence-electron chi connectivity index (χ4n) is 2.93. The summed E-state index contributed by atoms with van der Waals surface area (Å²) in [6, 6.07) is 6.36. The normalized spacial score (nSPS) is 18.9. The molecule has 0 spiro atoms. The van der Waals surface area contributed by atoms with Crippen LogP contribution < -0.4 is 10.6 Å². The van der Waals surface area contributed by atoms with Gasteiger partial charge in [-0.25, -0.2) is 0 Å². The maximum absolute atomic E-state index is 12.0. The number of halogens is 1. The van der Waals surface area contributed by atoms with Crippen LogP contribution in [0.25, 0.3) is 0 Å². The standard InChI is InChI=1S/C17H26N2O.ClH/c1-12-5-4-6-16(13(12)2)14(3)19-17(20)8-7-15-9-10-18-11-15;/h4-6,14-15,18H,7-11H2,1-3H3,(H,19,20);1H. The molecule has 21 heavy (non-hydrogen) atoms. The number of benzene rings is 1. The number of aryl methyl sites for hydroxylation is 1. The van der Waals surface area contributed by atoms with Crippen molar-refractivity contribution in [1.29, 1.82) is 0 Å². The van der Waals surface area contributed by atoms with Gasteiger partial charge in [0.15, 0.2) is 0 Å². The Morgan fingerprint density at radius 1 is 1.43 bits per heavy atom. The molecule has 1 aromatic carbocycles. The van der Waals surface area contributed by atoms with E-state index in [1.807, 2.05) is 0 Å². The van der Waals surface area contributed by atoms with E-state index in [1.165, 1.54) is 23.1 Å². The second kappa shape index (κ2) is 8.40. The number of nitrogens with one attached hydrogen (secondary N) is 2. The van der Waals surface area contributed by atoms with Gasteiger partial charge in [0.25, 0.3) is 0 Å². The van der Waals surface area contributed by atoms with Gasteiger partial charge in [-0.3, -0.25) is 4.79 Å². The lowest BCUT2D eigenvalue weighted by Gasteiger charge is -2.18. The molecule has 1 aromatic rings. The molecule has 118 valence electrons. The number of hydrogen-bond donors (Lipinski definition) is 2. The molecule has 1 aliphatic heterocycles. The number of amides is 1. The highest BCUT2D eigenvalue weighted by Crippen LogP contribution is 2.20. The van der Waals surface area contributed by atoms with Crippen LogP contribution in [0.1, 0.15) is 48.9 Å². The van der Waals surface area contributed by atoms with Crippen LogP contribution in [-0.4, -0.2) is 19.0 Å². The number of carbonyl (C=O) groups excluding carboxylic acids is 1. The Bertz CT molecular complexity index is 470. The van der Waals surface area contributed by atoms with E-state index < -0.39 is 0 Å². The monoisotopic (exact) mass is 310 g/mol. The van der Waals surface area contributed by atoms with Crippen LogP contribution in [-0.2, 0) is 4.79 Å². The second-order valence-corrected chi connectivity index (χ2v) is 5.98. The molecule has 0 aromatic heterocycles. The third kappa shape index (κ3) is 5.01. The first kappa shape index (κ1) is 18.0. The molecule has 0 bridgehead atoms. The van der Waals surface area contributed by atoms with Crippen LogP contribution >= 0.6 is 12.4 Å². The predicted molar refractivity (Wildman–Crippen MR) is 89.9 cm³/mol. The summed E-state index contributed by atoms with van der Waals surface area (Å²) in [6.07, 6.45) is 2.85. The lowest BCUT2D eigenvalue weighted by molar-refractivity contribution is -0.122. The highest BCUT2D eigenvalue weighted by atomic mass is 35.5. The molecule has 4 heteroatoms. The van der Waals surface area contributed by atoms with Crippen molar-refractivity contribution in [2.24, 2.45) is 5.92 Å². The van der Waals surface area contributed by atoms with E-state index in [0.717, 1.165) is 19.5 Å². The summed E-state index contributed by atoms with van der Waals surface area (Å²) in [7, 11) is 0. The molecule has 2 N–H and O–H groups in total. The lowest BCUT2D eigenvalue weighted by Crippen LogP contribution is -2.27. The van der Waals surface area contributed by atoms with Crippen molar-refractivity contribution in [3.8, 4) is 0 Å². The van der Waals surface area contributed by atoms with Crippen LogP contribution in [0.3, 0.4) is 0 Å². The Hall–Kier alpha value is -1.06. The van der Waals surface area contributed by atoms with Crippen molar-refractivity contribution in [3.63, 3.8) is 0 Å². The molecule has 0 saturated carbocycles. The number of hydrogen-bond acceptors (Lipinski definition) is 2. The Labute approximate surface area is 134 Å². The van der Waals surface area contributed by atoms with Gasteiger partial charge in [-0.2, -0.15) is 0 Å². The fourth-order valence-corrected chi connectivity index (χ4v) is 2.93. The summed E-state index contributed by atoms with van der Waals surface area (Å²) in [5.74, 6) is 0.849. The topological polar surface area (TPSA) is 41.1 Å². The molecule has 0 radical (unpaired) electrons. The third-order valence-electron chi connectivity index (χ3n) is 4.43. The van der Waals surface area contributed by atoms with Crippen molar-refractivity contribution < 1.29 is 4.79 Å². The van der Waals surface area contributed by atoms with Gasteiger partial charge in [0.2, 0.25) is 5.91 Å². The first-order chi connectivity index (χ1) is 9.58. The Balaban J connectivity index is 0.00000220. The van der Waals surface area contributed by atoms with Gasteiger partial charge in [0.1, 0.15) is 0 Å². The molecule has 1 amide bonds. The quantitative estimate of drug-likeness (QED) is 0.876. The first-order valence-corrected chi connectivity index (χ1v) is 7.64. The van der Waals surface area contributed by atoms with Gasteiger partial charge in [-0.1, -0.05) is 18.2 Å². The fraction of sp³-hybridized carbons (Fsp3) is 0.588. The summed E-state index contributed by atoms with van der Waals surface area (Å²) in [4.78, 5) is 12.0. The number of carbonyl (C=O) groups is 1. The minimum absolute atomic E-state index is 0. The van der Waals surface area contributed by atoms with Gasteiger partial charge >= 0.3 is 0 Å². The average Bonchev–Trinajstić information content (AvgIpc) is 2.92. The highest BCUT2D eigenvalue weighted by Gasteiger charge is 2.17. The Morgan fingerprint density at radius 2 is 2.19 bits per heavy atom. The molecule has 1 saturated heterocycles. The molecular weight excluding hydrogens is 284 g/mol. The molecule has 1 fully saturated rings. The third-order valence-corrected chi connectivity index (χ3v) is 4.43. The lowest BCUT2D eigenvalue weighted by atomic mass is 9.98. The smallest absolute Gasteiger partial charge is 0.220 e. The van der Waals surface area contributed by atoms with E-state index in [0.29, 0.717) is 12.3 Å². The summed E-state index contributed by atoms with van der Waals surface area (Å²) < 4.78 is 0. The Kier molecular flexibility index (Phi) is 7.20.